The quantitative estimate of drug-likeness (QED) is 0.598. The van der Waals surface area contributed by atoms with Crippen molar-refractivity contribution in [2.24, 2.45) is 11.8 Å². The van der Waals surface area contributed by atoms with Gasteiger partial charge in [-0.05, 0) is 38.0 Å². The van der Waals surface area contributed by atoms with Gasteiger partial charge in [0, 0.05) is 19.2 Å². The molecule has 1 aliphatic rings. The van der Waals surface area contributed by atoms with Crippen molar-refractivity contribution in [1.29, 1.82) is 0 Å². The lowest BCUT2D eigenvalue weighted by molar-refractivity contribution is -0.142. The van der Waals surface area contributed by atoms with Crippen LogP contribution in [0.3, 0.4) is 0 Å². The first-order valence-corrected chi connectivity index (χ1v) is 7.84. The van der Waals surface area contributed by atoms with E-state index in [1.807, 2.05) is 0 Å². The van der Waals surface area contributed by atoms with E-state index in [4.69, 9.17) is 9.84 Å². The van der Waals surface area contributed by atoms with Gasteiger partial charge in [-0.25, -0.2) is 4.79 Å². The van der Waals surface area contributed by atoms with Crippen molar-refractivity contribution >= 4 is 12.0 Å². The molecule has 0 bridgehead atoms. The molecule has 0 aromatic carbocycles. The molecular weight excluding hydrogens is 272 g/mol. The number of amides is 2. The summed E-state index contributed by atoms with van der Waals surface area (Å²) >= 11 is 0. The Hall–Kier alpha value is -1.30. The molecule has 6 heteroatoms. The lowest BCUT2D eigenvalue weighted by Gasteiger charge is -2.26. The molecule has 122 valence electrons. The zero-order chi connectivity index (χ0) is 15.7. The third-order valence-electron chi connectivity index (χ3n) is 3.78. The van der Waals surface area contributed by atoms with Crippen LogP contribution in [0.2, 0.25) is 0 Å². The van der Waals surface area contributed by atoms with Crippen LogP contribution in [0.5, 0.6) is 0 Å². The Morgan fingerprint density at radius 1 is 1.19 bits per heavy atom. The maximum absolute atomic E-state index is 11.7. The van der Waals surface area contributed by atoms with E-state index in [0.29, 0.717) is 31.9 Å². The molecule has 1 aliphatic carbocycles. The molecule has 0 atom stereocenters. The first-order valence-electron chi connectivity index (χ1n) is 7.84. The molecule has 0 radical (unpaired) electrons. The Morgan fingerprint density at radius 3 is 2.43 bits per heavy atom. The van der Waals surface area contributed by atoms with Crippen molar-refractivity contribution in [1.82, 2.24) is 10.6 Å². The van der Waals surface area contributed by atoms with Crippen LogP contribution >= 0.6 is 0 Å². The number of urea groups is 1. The Bertz CT molecular complexity index is 326. The highest BCUT2D eigenvalue weighted by atomic mass is 16.5. The van der Waals surface area contributed by atoms with Crippen molar-refractivity contribution in [2.75, 3.05) is 19.8 Å². The summed E-state index contributed by atoms with van der Waals surface area (Å²) in [4.78, 5) is 22.5. The van der Waals surface area contributed by atoms with Crippen LogP contribution in [0.25, 0.3) is 0 Å². The van der Waals surface area contributed by atoms with E-state index in [2.05, 4.69) is 24.5 Å². The summed E-state index contributed by atoms with van der Waals surface area (Å²) in [6.07, 6.45) is 3.76. The fourth-order valence-electron chi connectivity index (χ4n) is 2.38. The number of hydrogen-bond donors (Lipinski definition) is 3. The van der Waals surface area contributed by atoms with Crippen molar-refractivity contribution in [3.8, 4) is 0 Å². The van der Waals surface area contributed by atoms with Crippen LogP contribution < -0.4 is 10.6 Å². The molecule has 21 heavy (non-hydrogen) atoms. The van der Waals surface area contributed by atoms with Gasteiger partial charge >= 0.3 is 12.0 Å². The van der Waals surface area contributed by atoms with Gasteiger partial charge in [-0.1, -0.05) is 13.8 Å². The normalized spacial score (nSPS) is 22.0. The van der Waals surface area contributed by atoms with E-state index < -0.39 is 5.97 Å². The number of rotatable bonds is 8. The minimum atomic E-state index is -0.726. The molecule has 1 saturated carbocycles. The standard InChI is InChI=1S/C15H28N2O4/c1-11(2)7-9-21-10-8-16-15(20)17-13-5-3-12(4-6-13)14(18)19/h11-13H,3-10H2,1-2H3,(H,18,19)(H2,16,17,20). The Morgan fingerprint density at radius 2 is 1.86 bits per heavy atom. The fourth-order valence-corrected chi connectivity index (χ4v) is 2.38. The Kier molecular flexibility index (Phi) is 8.12. The Balaban J connectivity index is 2.03. The second-order valence-electron chi connectivity index (χ2n) is 6.08. The molecule has 1 fully saturated rings. The number of carboxylic acid groups (broad SMARTS) is 1. The van der Waals surface area contributed by atoms with Crippen molar-refractivity contribution in [2.45, 2.75) is 52.0 Å². The summed E-state index contributed by atoms with van der Waals surface area (Å²) in [5, 5.41) is 14.6. The SMILES string of the molecule is CC(C)CCOCCNC(=O)NC1CCC(C(=O)O)CC1. The maximum Gasteiger partial charge on any atom is 0.315 e. The van der Waals surface area contributed by atoms with Crippen molar-refractivity contribution < 1.29 is 19.4 Å². The van der Waals surface area contributed by atoms with Crippen LogP contribution in [0, 0.1) is 11.8 Å². The van der Waals surface area contributed by atoms with E-state index in [1.54, 1.807) is 0 Å². The zero-order valence-electron chi connectivity index (χ0n) is 13.1. The van der Waals surface area contributed by atoms with Gasteiger partial charge in [-0.3, -0.25) is 4.79 Å². The Labute approximate surface area is 126 Å². The van der Waals surface area contributed by atoms with E-state index in [1.165, 1.54) is 0 Å². The number of carboxylic acids is 1. The average Bonchev–Trinajstić information content (AvgIpc) is 2.43. The molecule has 0 unspecified atom stereocenters. The van der Waals surface area contributed by atoms with Crippen molar-refractivity contribution in [3.05, 3.63) is 0 Å². The highest BCUT2D eigenvalue weighted by Crippen LogP contribution is 2.24. The topological polar surface area (TPSA) is 87.7 Å². The van der Waals surface area contributed by atoms with Gasteiger partial charge in [0.2, 0.25) is 0 Å². The molecule has 6 nitrogen and oxygen atoms in total. The molecule has 0 aromatic rings. The lowest BCUT2D eigenvalue weighted by Crippen LogP contribution is -2.45. The number of carbonyl (C=O) groups excluding carboxylic acids is 1. The van der Waals surface area contributed by atoms with E-state index in [0.717, 1.165) is 25.9 Å². The predicted molar refractivity (Wildman–Crippen MR) is 80.2 cm³/mol. The van der Waals surface area contributed by atoms with E-state index in [-0.39, 0.29) is 18.0 Å². The molecule has 0 spiro atoms. The summed E-state index contributed by atoms with van der Waals surface area (Å²) in [5.41, 5.74) is 0. The maximum atomic E-state index is 11.7. The molecule has 3 N–H and O–H groups in total. The van der Waals surface area contributed by atoms with Gasteiger partial charge in [0.1, 0.15) is 0 Å². The fraction of sp³-hybridized carbons (Fsp3) is 0.867. The highest BCUT2D eigenvalue weighted by Gasteiger charge is 2.26. The summed E-state index contributed by atoms with van der Waals surface area (Å²) < 4.78 is 5.42. The van der Waals surface area contributed by atoms with Crippen LogP contribution in [-0.2, 0) is 9.53 Å². The van der Waals surface area contributed by atoms with E-state index >= 15 is 0 Å². The molecular formula is C15H28N2O4. The van der Waals surface area contributed by atoms with Gasteiger partial charge in [0.05, 0.1) is 12.5 Å². The molecule has 1 rings (SSSR count). The van der Waals surface area contributed by atoms with E-state index in [9.17, 15) is 9.59 Å². The number of hydrogen-bond acceptors (Lipinski definition) is 3. The number of ether oxygens (including phenoxy) is 1. The lowest BCUT2D eigenvalue weighted by atomic mass is 9.86. The third kappa shape index (κ3) is 7.90. The van der Waals surface area contributed by atoms with Gasteiger partial charge in [0.25, 0.3) is 0 Å². The molecule has 0 aliphatic heterocycles. The molecule has 2 amide bonds. The van der Waals surface area contributed by atoms with Gasteiger partial charge < -0.3 is 20.5 Å². The van der Waals surface area contributed by atoms with Gasteiger partial charge in [-0.2, -0.15) is 0 Å². The number of nitrogens with one attached hydrogen (secondary N) is 2. The van der Waals surface area contributed by atoms with Crippen LogP contribution in [0.4, 0.5) is 4.79 Å². The third-order valence-corrected chi connectivity index (χ3v) is 3.78. The first-order chi connectivity index (χ1) is 9.99. The summed E-state index contributed by atoms with van der Waals surface area (Å²) in [6, 6.07) is -0.108. The van der Waals surface area contributed by atoms with Crippen LogP contribution in [-0.4, -0.2) is 42.9 Å². The van der Waals surface area contributed by atoms with Crippen molar-refractivity contribution in [3.63, 3.8) is 0 Å². The second-order valence-corrected chi connectivity index (χ2v) is 6.08. The largest absolute Gasteiger partial charge is 0.481 e. The van der Waals surface area contributed by atoms with Gasteiger partial charge in [-0.15, -0.1) is 0 Å². The number of carbonyl (C=O) groups is 2. The molecule has 0 saturated heterocycles. The minimum Gasteiger partial charge on any atom is -0.481 e. The smallest absolute Gasteiger partial charge is 0.315 e. The predicted octanol–water partition coefficient (Wildman–Crippen LogP) is 1.99. The first kappa shape index (κ1) is 17.8. The summed E-state index contributed by atoms with van der Waals surface area (Å²) in [5.74, 6) is -0.348. The molecule has 0 heterocycles. The average molecular weight is 300 g/mol. The summed E-state index contributed by atoms with van der Waals surface area (Å²) in [6.45, 7) is 6.03. The zero-order valence-corrected chi connectivity index (χ0v) is 13.1. The van der Waals surface area contributed by atoms with Gasteiger partial charge in [0.15, 0.2) is 0 Å². The minimum absolute atomic E-state index is 0.0856. The monoisotopic (exact) mass is 300 g/mol. The summed E-state index contributed by atoms with van der Waals surface area (Å²) in [7, 11) is 0. The van der Waals surface area contributed by atoms with Crippen LogP contribution in [0.1, 0.15) is 46.0 Å². The highest BCUT2D eigenvalue weighted by molar-refractivity contribution is 5.74. The van der Waals surface area contributed by atoms with Crippen LogP contribution in [0.15, 0.2) is 0 Å². The second kappa shape index (κ2) is 9.60. The number of aliphatic carboxylic acids is 1. The molecule has 0 aromatic heterocycles.